The molecule has 28 heavy (non-hydrogen) atoms. The lowest BCUT2D eigenvalue weighted by Gasteiger charge is -2.35. The maximum Gasteiger partial charge on any atom is 0.406 e. The zero-order valence-corrected chi connectivity index (χ0v) is 16.0. The van der Waals surface area contributed by atoms with E-state index in [0.717, 1.165) is 5.69 Å². The highest BCUT2D eigenvalue weighted by atomic mass is 32.1. The van der Waals surface area contributed by atoms with Crippen LogP contribution in [0.15, 0.2) is 5.38 Å². The number of anilines is 1. The summed E-state index contributed by atoms with van der Waals surface area (Å²) in [6.07, 6.45) is -3.64. The van der Waals surface area contributed by atoms with Crippen molar-refractivity contribution in [2.45, 2.75) is 32.0 Å². The third-order valence-electron chi connectivity index (χ3n) is 4.65. The molecule has 0 spiro atoms. The molecule has 1 N–H and O–H groups in total. The van der Waals surface area contributed by atoms with Gasteiger partial charge in [0.15, 0.2) is 5.13 Å². The second-order valence-corrected chi connectivity index (χ2v) is 7.71. The van der Waals surface area contributed by atoms with Gasteiger partial charge in [0.2, 0.25) is 5.91 Å². The van der Waals surface area contributed by atoms with E-state index in [1.54, 1.807) is 0 Å². The van der Waals surface area contributed by atoms with Crippen LogP contribution in [-0.2, 0) is 9.59 Å². The Hall–Kier alpha value is -2.21. The maximum absolute atomic E-state index is 12.5. The molecule has 2 fully saturated rings. The fraction of sp³-hybridized carbons (Fsp3) is 0.625. The van der Waals surface area contributed by atoms with Crippen molar-refractivity contribution in [2.24, 2.45) is 0 Å². The quantitative estimate of drug-likeness (QED) is 0.734. The lowest BCUT2D eigenvalue weighted by atomic mass is 10.0. The van der Waals surface area contributed by atoms with E-state index in [2.05, 4.69) is 10.3 Å². The molecule has 3 heterocycles. The molecule has 12 heteroatoms. The van der Waals surface area contributed by atoms with Crippen molar-refractivity contribution in [3.05, 3.63) is 11.1 Å². The third kappa shape index (κ3) is 4.98. The van der Waals surface area contributed by atoms with E-state index < -0.39 is 24.7 Å². The van der Waals surface area contributed by atoms with Gasteiger partial charge in [0.1, 0.15) is 13.1 Å². The Morgan fingerprint density at radius 2 is 2.00 bits per heavy atom. The Labute approximate surface area is 163 Å². The number of hydrogen-bond acceptors (Lipinski definition) is 6. The van der Waals surface area contributed by atoms with Crippen LogP contribution in [0.2, 0.25) is 0 Å². The number of alkyl halides is 3. The molecule has 2 aliphatic heterocycles. The van der Waals surface area contributed by atoms with Gasteiger partial charge < -0.3 is 10.2 Å². The molecule has 3 rings (SSSR count). The number of thiazole rings is 1. The first-order chi connectivity index (χ1) is 13.1. The largest absolute Gasteiger partial charge is 0.406 e. The van der Waals surface area contributed by atoms with E-state index >= 15 is 0 Å². The number of carbonyl (C=O) groups is 3. The van der Waals surface area contributed by atoms with Gasteiger partial charge >= 0.3 is 12.2 Å². The fourth-order valence-corrected chi connectivity index (χ4v) is 4.05. The summed E-state index contributed by atoms with van der Waals surface area (Å²) in [5, 5.41) is 5.08. The van der Waals surface area contributed by atoms with Gasteiger partial charge in [0.05, 0.1) is 12.2 Å². The van der Waals surface area contributed by atoms with Gasteiger partial charge in [0.25, 0.3) is 5.91 Å². The molecule has 0 bridgehead atoms. The Kier molecular flexibility index (Phi) is 5.89. The van der Waals surface area contributed by atoms with Gasteiger partial charge in [-0.2, -0.15) is 13.2 Å². The van der Waals surface area contributed by atoms with Crippen molar-refractivity contribution in [3.8, 4) is 0 Å². The number of nitrogens with one attached hydrogen (secondary N) is 1. The summed E-state index contributed by atoms with van der Waals surface area (Å²) in [6, 6.07) is -1.20. The topological polar surface area (TPSA) is 85.9 Å². The lowest BCUT2D eigenvalue weighted by molar-refractivity contribution is -0.151. The van der Waals surface area contributed by atoms with Gasteiger partial charge in [-0.3, -0.25) is 19.4 Å². The van der Waals surface area contributed by atoms with E-state index in [-0.39, 0.29) is 29.9 Å². The minimum absolute atomic E-state index is 0.165. The number of likely N-dealkylation sites (tertiary alicyclic amines) is 1. The second kappa shape index (κ2) is 8.03. The normalized spacial score (nSPS) is 19.6. The summed E-state index contributed by atoms with van der Waals surface area (Å²) in [4.78, 5) is 43.6. The van der Waals surface area contributed by atoms with Crippen molar-refractivity contribution in [2.75, 3.05) is 38.0 Å². The molecule has 154 valence electrons. The number of halogens is 3. The molecule has 0 saturated carbocycles. The van der Waals surface area contributed by atoms with Crippen LogP contribution in [-0.4, -0.2) is 82.5 Å². The van der Waals surface area contributed by atoms with Crippen LogP contribution in [0.25, 0.3) is 0 Å². The molecule has 0 aromatic carbocycles. The van der Waals surface area contributed by atoms with Gasteiger partial charge in [-0.15, -0.1) is 11.3 Å². The van der Waals surface area contributed by atoms with Crippen molar-refractivity contribution in [1.29, 1.82) is 0 Å². The van der Waals surface area contributed by atoms with Crippen molar-refractivity contribution < 1.29 is 27.6 Å². The number of nitrogens with zero attached hydrogens (tertiary/aromatic N) is 4. The molecule has 1 aromatic heterocycles. The van der Waals surface area contributed by atoms with E-state index in [0.29, 0.717) is 31.1 Å². The van der Waals surface area contributed by atoms with Gasteiger partial charge in [-0.05, 0) is 19.8 Å². The molecule has 2 aliphatic rings. The second-order valence-electron chi connectivity index (χ2n) is 6.86. The molecular weight excluding hydrogens is 399 g/mol. The SMILES string of the molecule is Cc1csc(NC(=O)CN2CCC(N3CC(=O)N(CC(F)(F)F)C3=O)CC2)n1. The predicted molar refractivity (Wildman–Crippen MR) is 94.8 cm³/mol. The number of imide groups is 1. The van der Waals surface area contributed by atoms with Crippen LogP contribution >= 0.6 is 11.3 Å². The minimum atomic E-state index is -4.62. The van der Waals surface area contributed by atoms with Gasteiger partial charge in [-0.1, -0.05) is 0 Å². The minimum Gasteiger partial charge on any atom is -0.312 e. The van der Waals surface area contributed by atoms with Crippen LogP contribution in [0.1, 0.15) is 18.5 Å². The highest BCUT2D eigenvalue weighted by molar-refractivity contribution is 7.13. The Morgan fingerprint density at radius 1 is 1.32 bits per heavy atom. The number of carbonyl (C=O) groups excluding carboxylic acids is 3. The van der Waals surface area contributed by atoms with Crippen LogP contribution in [0.5, 0.6) is 0 Å². The zero-order chi connectivity index (χ0) is 20.5. The number of amides is 4. The molecule has 1 aromatic rings. The standard InChI is InChI=1S/C16H20F3N5O3S/c1-10-8-28-14(20-10)21-12(25)6-22-4-2-11(3-5-22)23-7-13(26)24(15(23)27)9-16(17,18)19/h8,11H,2-7,9H2,1H3,(H,20,21,25). The molecule has 0 atom stereocenters. The number of urea groups is 1. The van der Waals surface area contributed by atoms with Crippen LogP contribution < -0.4 is 5.32 Å². The predicted octanol–water partition coefficient (Wildman–Crippen LogP) is 1.68. The van der Waals surface area contributed by atoms with E-state index in [1.165, 1.54) is 16.2 Å². The zero-order valence-electron chi connectivity index (χ0n) is 15.2. The first-order valence-corrected chi connectivity index (χ1v) is 9.62. The van der Waals surface area contributed by atoms with E-state index in [4.69, 9.17) is 0 Å². The number of hydrogen-bond donors (Lipinski definition) is 1. The van der Waals surface area contributed by atoms with E-state index in [1.807, 2.05) is 17.2 Å². The summed E-state index contributed by atoms with van der Waals surface area (Å²) in [5.41, 5.74) is 0.825. The first-order valence-electron chi connectivity index (χ1n) is 8.74. The Bertz CT molecular complexity index is 761. The molecular formula is C16H20F3N5O3S. The van der Waals surface area contributed by atoms with Gasteiger partial charge in [-0.25, -0.2) is 9.78 Å². The molecule has 4 amide bonds. The summed E-state index contributed by atoms with van der Waals surface area (Å²) in [7, 11) is 0. The monoisotopic (exact) mass is 419 g/mol. The average Bonchev–Trinajstić information content (AvgIpc) is 3.12. The number of aryl methyl sites for hydroxylation is 1. The Morgan fingerprint density at radius 3 is 2.57 bits per heavy atom. The van der Waals surface area contributed by atoms with E-state index in [9.17, 15) is 27.6 Å². The third-order valence-corrected chi connectivity index (χ3v) is 5.53. The summed E-state index contributed by atoms with van der Waals surface area (Å²) in [6.45, 7) is 1.12. The summed E-state index contributed by atoms with van der Waals surface area (Å²) in [5.74, 6) is -1.03. The van der Waals surface area contributed by atoms with Crippen LogP contribution in [0.4, 0.5) is 23.1 Å². The number of rotatable bonds is 5. The van der Waals surface area contributed by atoms with Crippen LogP contribution in [0, 0.1) is 6.92 Å². The highest BCUT2D eigenvalue weighted by Gasteiger charge is 2.45. The molecule has 0 aliphatic carbocycles. The summed E-state index contributed by atoms with van der Waals surface area (Å²) < 4.78 is 37.6. The number of piperidine rings is 1. The fourth-order valence-electron chi connectivity index (χ4n) is 3.34. The summed E-state index contributed by atoms with van der Waals surface area (Å²) >= 11 is 1.34. The molecule has 2 saturated heterocycles. The average molecular weight is 419 g/mol. The van der Waals surface area contributed by atoms with Crippen molar-refractivity contribution in [3.63, 3.8) is 0 Å². The highest BCUT2D eigenvalue weighted by Crippen LogP contribution is 2.25. The van der Waals surface area contributed by atoms with Crippen molar-refractivity contribution >= 4 is 34.3 Å². The Balaban J connectivity index is 1.48. The first kappa shape index (κ1) is 20.5. The molecule has 0 unspecified atom stereocenters. The lowest BCUT2D eigenvalue weighted by Crippen LogP contribution is -2.48. The molecule has 0 radical (unpaired) electrons. The smallest absolute Gasteiger partial charge is 0.312 e. The number of aromatic nitrogens is 1. The molecule has 8 nitrogen and oxygen atoms in total. The maximum atomic E-state index is 12.5. The van der Waals surface area contributed by atoms with Crippen molar-refractivity contribution in [1.82, 2.24) is 19.7 Å². The van der Waals surface area contributed by atoms with Crippen LogP contribution in [0.3, 0.4) is 0 Å². The van der Waals surface area contributed by atoms with Gasteiger partial charge in [0, 0.05) is 24.5 Å².